The second-order valence-electron chi connectivity index (χ2n) is 7.93. The predicted molar refractivity (Wildman–Crippen MR) is 118 cm³/mol. The molecule has 1 aliphatic carbocycles. The molecule has 30 heavy (non-hydrogen) atoms. The van der Waals surface area contributed by atoms with E-state index in [1.807, 2.05) is 60.5 Å². The molecule has 1 saturated carbocycles. The number of benzene rings is 2. The Bertz CT molecular complexity index is 1100. The second kappa shape index (κ2) is 8.69. The first-order valence-electron chi connectivity index (χ1n) is 10.5. The summed E-state index contributed by atoms with van der Waals surface area (Å²) in [6.45, 7) is 0.0351. The zero-order valence-corrected chi connectivity index (χ0v) is 17.5. The third kappa shape index (κ3) is 4.08. The van der Waals surface area contributed by atoms with Gasteiger partial charge in [0, 0.05) is 31.1 Å². The van der Waals surface area contributed by atoms with Gasteiger partial charge >= 0.3 is 0 Å². The van der Waals surface area contributed by atoms with Crippen molar-refractivity contribution >= 4 is 16.7 Å². The van der Waals surface area contributed by atoms with Crippen LogP contribution in [0.4, 0.5) is 0 Å². The number of carbonyl (C=O) groups is 1. The van der Waals surface area contributed by atoms with E-state index in [1.54, 1.807) is 7.05 Å². The summed E-state index contributed by atoms with van der Waals surface area (Å²) >= 11 is 0. The molecule has 0 atom stereocenters. The van der Waals surface area contributed by atoms with Crippen molar-refractivity contribution in [2.75, 3.05) is 13.7 Å². The van der Waals surface area contributed by atoms with Crippen LogP contribution in [0.25, 0.3) is 22.0 Å². The molecule has 4 rings (SSSR count). The molecule has 0 spiro atoms. The van der Waals surface area contributed by atoms with Gasteiger partial charge in [0.15, 0.2) is 6.61 Å². The van der Waals surface area contributed by atoms with Gasteiger partial charge in [-0.05, 0) is 43.2 Å². The van der Waals surface area contributed by atoms with Gasteiger partial charge < -0.3 is 9.64 Å². The van der Waals surface area contributed by atoms with Crippen LogP contribution in [0.1, 0.15) is 32.1 Å². The topological polar surface area (TPSA) is 64.4 Å². The van der Waals surface area contributed by atoms with Gasteiger partial charge in [-0.25, -0.2) is 4.68 Å². The minimum Gasteiger partial charge on any atom is -0.484 e. The second-order valence-corrected chi connectivity index (χ2v) is 7.93. The molecule has 1 heterocycles. The fourth-order valence-corrected chi connectivity index (χ4v) is 4.14. The van der Waals surface area contributed by atoms with Crippen LogP contribution in [-0.4, -0.2) is 40.3 Å². The predicted octanol–water partition coefficient (Wildman–Crippen LogP) is 3.77. The van der Waals surface area contributed by atoms with Crippen LogP contribution in [0.3, 0.4) is 0 Å². The number of likely N-dealkylation sites (N-methyl/N-ethyl adjacent to an activating group) is 1. The molecule has 1 aliphatic rings. The van der Waals surface area contributed by atoms with Crippen molar-refractivity contribution in [1.29, 1.82) is 0 Å². The van der Waals surface area contributed by atoms with Crippen molar-refractivity contribution in [1.82, 2.24) is 14.7 Å². The van der Waals surface area contributed by atoms with Crippen LogP contribution < -0.4 is 10.3 Å². The van der Waals surface area contributed by atoms with Crippen LogP contribution in [-0.2, 0) is 11.8 Å². The Balaban J connectivity index is 1.47. The number of ether oxygens (including phenoxy) is 1. The van der Waals surface area contributed by atoms with Crippen molar-refractivity contribution in [3.8, 4) is 17.0 Å². The molecule has 6 nitrogen and oxygen atoms in total. The number of carbonyl (C=O) groups excluding carboxylic acids is 1. The van der Waals surface area contributed by atoms with E-state index in [0.29, 0.717) is 17.2 Å². The average Bonchev–Trinajstić information content (AvgIpc) is 2.80. The van der Waals surface area contributed by atoms with Crippen molar-refractivity contribution in [3.05, 3.63) is 58.9 Å². The largest absolute Gasteiger partial charge is 0.484 e. The Kier molecular flexibility index (Phi) is 5.84. The number of hydrogen-bond donors (Lipinski definition) is 0. The molecular weight excluding hydrogens is 378 g/mol. The van der Waals surface area contributed by atoms with Crippen molar-refractivity contribution < 1.29 is 9.53 Å². The van der Waals surface area contributed by atoms with E-state index < -0.39 is 0 Å². The molecule has 1 amide bonds. The first kappa shape index (κ1) is 20.1. The number of amides is 1. The molecule has 156 valence electrons. The lowest BCUT2D eigenvalue weighted by Gasteiger charge is -2.31. The Labute approximate surface area is 176 Å². The normalized spacial score (nSPS) is 14.6. The van der Waals surface area contributed by atoms with Gasteiger partial charge in [-0.3, -0.25) is 9.59 Å². The highest BCUT2D eigenvalue weighted by molar-refractivity contribution is 5.93. The number of rotatable bonds is 5. The third-order valence-electron chi connectivity index (χ3n) is 5.96. The molecule has 0 bridgehead atoms. The highest BCUT2D eigenvalue weighted by atomic mass is 16.5. The number of fused-ring (bicyclic) bond motifs is 1. The summed E-state index contributed by atoms with van der Waals surface area (Å²) in [5, 5.41) is 5.91. The van der Waals surface area contributed by atoms with E-state index in [0.717, 1.165) is 29.5 Å². The molecule has 2 aromatic carbocycles. The molecule has 0 aliphatic heterocycles. The zero-order chi connectivity index (χ0) is 21.1. The maximum absolute atomic E-state index is 12.5. The molecule has 0 N–H and O–H groups in total. The number of aryl methyl sites for hydroxylation is 1. The standard InChI is InChI=1S/C24H27N3O3/c1-26(18-8-4-3-5-9-18)22(28)16-30-19-14-12-17(13-15-19)23-20-10-6-7-11-21(20)24(29)27(2)25-23/h6-7,10-15,18H,3-5,8-9,16H2,1-2H3. The first-order valence-corrected chi connectivity index (χ1v) is 10.5. The van der Waals surface area contributed by atoms with E-state index in [4.69, 9.17) is 4.74 Å². The summed E-state index contributed by atoms with van der Waals surface area (Å²) < 4.78 is 7.10. The minimum atomic E-state index is -0.116. The van der Waals surface area contributed by atoms with Crippen LogP contribution in [0.5, 0.6) is 5.75 Å². The van der Waals surface area contributed by atoms with Crippen molar-refractivity contribution in [3.63, 3.8) is 0 Å². The van der Waals surface area contributed by atoms with E-state index >= 15 is 0 Å². The van der Waals surface area contributed by atoms with Crippen molar-refractivity contribution in [2.24, 2.45) is 7.05 Å². The lowest BCUT2D eigenvalue weighted by atomic mass is 9.94. The minimum absolute atomic E-state index is 0.0108. The third-order valence-corrected chi connectivity index (χ3v) is 5.96. The fraction of sp³-hybridized carbons (Fsp3) is 0.375. The van der Waals surface area contributed by atoms with Crippen molar-refractivity contribution in [2.45, 2.75) is 38.1 Å². The Morgan fingerprint density at radius 2 is 1.73 bits per heavy atom. The molecule has 0 unspecified atom stereocenters. The van der Waals surface area contributed by atoms with Gasteiger partial charge in [0.25, 0.3) is 11.5 Å². The quantitative estimate of drug-likeness (QED) is 0.648. The lowest BCUT2D eigenvalue weighted by Crippen LogP contribution is -2.40. The smallest absolute Gasteiger partial charge is 0.274 e. The molecule has 1 aromatic heterocycles. The molecule has 1 fully saturated rings. The summed E-state index contributed by atoms with van der Waals surface area (Å²) in [7, 11) is 3.53. The van der Waals surface area contributed by atoms with Crippen LogP contribution in [0, 0.1) is 0 Å². The summed E-state index contributed by atoms with van der Waals surface area (Å²) in [5.41, 5.74) is 1.52. The molecule has 3 aromatic rings. The average molecular weight is 405 g/mol. The maximum Gasteiger partial charge on any atom is 0.274 e. The molecule has 0 radical (unpaired) electrons. The Hall–Kier alpha value is -3.15. The number of hydrogen-bond acceptors (Lipinski definition) is 4. The van der Waals surface area contributed by atoms with E-state index in [2.05, 4.69) is 5.10 Å². The lowest BCUT2D eigenvalue weighted by molar-refractivity contribution is -0.134. The summed E-state index contributed by atoms with van der Waals surface area (Å²) in [6.07, 6.45) is 5.81. The van der Waals surface area contributed by atoms with Crippen LogP contribution >= 0.6 is 0 Å². The summed E-state index contributed by atoms with van der Waals surface area (Å²) in [4.78, 5) is 26.6. The Morgan fingerprint density at radius 3 is 2.43 bits per heavy atom. The van der Waals surface area contributed by atoms with Gasteiger partial charge in [-0.1, -0.05) is 37.5 Å². The maximum atomic E-state index is 12.5. The summed E-state index contributed by atoms with van der Waals surface area (Å²) in [6, 6.07) is 15.3. The van der Waals surface area contributed by atoms with Crippen LogP contribution in [0.15, 0.2) is 53.3 Å². The number of nitrogens with zero attached hydrogens (tertiary/aromatic N) is 3. The van der Waals surface area contributed by atoms with Gasteiger partial charge in [-0.15, -0.1) is 0 Å². The first-order chi connectivity index (χ1) is 14.5. The fourth-order valence-electron chi connectivity index (χ4n) is 4.14. The highest BCUT2D eigenvalue weighted by Gasteiger charge is 2.22. The van der Waals surface area contributed by atoms with E-state index in [1.165, 1.54) is 23.9 Å². The van der Waals surface area contributed by atoms with E-state index in [9.17, 15) is 9.59 Å². The zero-order valence-electron chi connectivity index (χ0n) is 17.5. The van der Waals surface area contributed by atoms with Gasteiger partial charge in [0.05, 0.1) is 11.1 Å². The monoisotopic (exact) mass is 405 g/mol. The van der Waals surface area contributed by atoms with Gasteiger partial charge in [0.2, 0.25) is 0 Å². The van der Waals surface area contributed by atoms with Gasteiger partial charge in [-0.2, -0.15) is 5.10 Å². The highest BCUT2D eigenvalue weighted by Crippen LogP contribution is 2.26. The van der Waals surface area contributed by atoms with Crippen LogP contribution in [0.2, 0.25) is 0 Å². The van der Waals surface area contributed by atoms with Gasteiger partial charge in [0.1, 0.15) is 5.75 Å². The molecule has 6 heteroatoms. The summed E-state index contributed by atoms with van der Waals surface area (Å²) in [5.74, 6) is 0.648. The van der Waals surface area contributed by atoms with E-state index in [-0.39, 0.29) is 18.1 Å². The molecular formula is C24H27N3O3. The Morgan fingerprint density at radius 1 is 1.07 bits per heavy atom. The molecule has 0 saturated heterocycles. The number of aromatic nitrogens is 2. The SMILES string of the molecule is CN(C(=O)COc1ccc(-c2nn(C)c(=O)c3ccccc23)cc1)C1CCCCC1.